The van der Waals surface area contributed by atoms with Gasteiger partial charge in [0, 0.05) is 32.1 Å². The molecule has 1 fully saturated rings. The van der Waals surface area contributed by atoms with Crippen LogP contribution in [-0.4, -0.2) is 45.1 Å². The molecular weight excluding hydrogens is 284 g/mol. The van der Waals surface area contributed by atoms with Crippen molar-refractivity contribution in [3.05, 3.63) is 18.2 Å². The van der Waals surface area contributed by atoms with Crippen LogP contribution >= 0.6 is 0 Å². The van der Waals surface area contributed by atoms with E-state index in [2.05, 4.69) is 5.32 Å². The number of rotatable bonds is 2. The molecule has 20 heavy (non-hydrogen) atoms. The summed E-state index contributed by atoms with van der Waals surface area (Å²) < 4.78 is 36.7. The van der Waals surface area contributed by atoms with Crippen LogP contribution in [-0.2, 0) is 14.8 Å². The molecule has 0 unspecified atom stereocenters. The number of carbonyl (C=O) groups excluding carboxylic acids is 1. The average Bonchev–Trinajstić information content (AvgIpc) is 2.78. The third-order valence-electron chi connectivity index (χ3n) is 3.25. The van der Waals surface area contributed by atoms with E-state index in [1.165, 1.54) is 16.4 Å². The molecular formula is C12H14N2O5S. The summed E-state index contributed by atoms with van der Waals surface area (Å²) in [7, 11) is -3.62. The number of amides is 1. The van der Waals surface area contributed by atoms with Gasteiger partial charge in [0.2, 0.25) is 22.7 Å². The number of nitrogens with one attached hydrogen (secondary N) is 1. The molecule has 108 valence electrons. The van der Waals surface area contributed by atoms with Crippen molar-refractivity contribution in [1.29, 1.82) is 0 Å². The molecule has 1 amide bonds. The van der Waals surface area contributed by atoms with Gasteiger partial charge in [-0.25, -0.2) is 8.42 Å². The molecule has 2 heterocycles. The van der Waals surface area contributed by atoms with Gasteiger partial charge in [0.1, 0.15) is 0 Å². The summed E-state index contributed by atoms with van der Waals surface area (Å²) in [6.07, 6.45) is 0.170. The Bertz CT molecular complexity index is 643. The van der Waals surface area contributed by atoms with E-state index in [1.807, 2.05) is 0 Å². The predicted octanol–water partition coefficient (Wildman–Crippen LogP) is -0.0741. The van der Waals surface area contributed by atoms with Crippen LogP contribution in [0.5, 0.6) is 11.5 Å². The second kappa shape index (κ2) is 4.95. The number of carbonyl (C=O) groups is 1. The van der Waals surface area contributed by atoms with Gasteiger partial charge in [-0.3, -0.25) is 4.79 Å². The number of benzene rings is 1. The van der Waals surface area contributed by atoms with Gasteiger partial charge in [-0.2, -0.15) is 4.31 Å². The van der Waals surface area contributed by atoms with Crippen molar-refractivity contribution in [2.45, 2.75) is 11.3 Å². The van der Waals surface area contributed by atoms with E-state index in [0.29, 0.717) is 18.0 Å². The van der Waals surface area contributed by atoms with E-state index < -0.39 is 10.0 Å². The van der Waals surface area contributed by atoms with E-state index in [0.717, 1.165) is 0 Å². The Morgan fingerprint density at radius 3 is 2.80 bits per heavy atom. The Morgan fingerprint density at radius 2 is 1.95 bits per heavy atom. The monoisotopic (exact) mass is 298 g/mol. The largest absolute Gasteiger partial charge is 0.454 e. The van der Waals surface area contributed by atoms with Gasteiger partial charge in [0.25, 0.3) is 0 Å². The molecule has 1 saturated heterocycles. The normalized spacial score (nSPS) is 19.5. The molecule has 2 aliphatic rings. The van der Waals surface area contributed by atoms with Crippen molar-refractivity contribution in [3.8, 4) is 11.5 Å². The van der Waals surface area contributed by atoms with Gasteiger partial charge < -0.3 is 14.8 Å². The predicted molar refractivity (Wildman–Crippen MR) is 69.0 cm³/mol. The average molecular weight is 298 g/mol. The van der Waals surface area contributed by atoms with Crippen LogP contribution in [0.4, 0.5) is 0 Å². The molecule has 7 nitrogen and oxygen atoms in total. The molecule has 0 atom stereocenters. The Kier molecular flexibility index (Phi) is 3.27. The summed E-state index contributed by atoms with van der Waals surface area (Å²) in [5.41, 5.74) is 0. The number of hydrogen-bond donors (Lipinski definition) is 1. The molecule has 0 bridgehead atoms. The second-order valence-corrected chi connectivity index (χ2v) is 6.46. The lowest BCUT2D eigenvalue weighted by Gasteiger charge is -2.19. The van der Waals surface area contributed by atoms with Crippen molar-refractivity contribution < 1.29 is 22.7 Å². The highest BCUT2D eigenvalue weighted by atomic mass is 32.2. The second-order valence-electron chi connectivity index (χ2n) is 4.52. The maximum Gasteiger partial charge on any atom is 0.243 e. The number of fused-ring (bicyclic) bond motifs is 1. The van der Waals surface area contributed by atoms with Crippen LogP contribution < -0.4 is 14.8 Å². The molecule has 1 N–H and O–H groups in total. The van der Waals surface area contributed by atoms with Gasteiger partial charge in [-0.05, 0) is 12.1 Å². The molecule has 0 aromatic heterocycles. The van der Waals surface area contributed by atoms with Crippen LogP contribution in [0.3, 0.4) is 0 Å². The first-order valence-electron chi connectivity index (χ1n) is 6.24. The first kappa shape index (κ1) is 13.2. The van der Waals surface area contributed by atoms with Crippen LogP contribution in [0.25, 0.3) is 0 Å². The van der Waals surface area contributed by atoms with Gasteiger partial charge >= 0.3 is 0 Å². The van der Waals surface area contributed by atoms with E-state index >= 15 is 0 Å². The van der Waals surface area contributed by atoms with E-state index in [9.17, 15) is 13.2 Å². The number of nitrogens with zero attached hydrogens (tertiary/aromatic N) is 1. The highest BCUT2D eigenvalue weighted by Gasteiger charge is 2.28. The molecule has 0 spiro atoms. The highest BCUT2D eigenvalue weighted by Crippen LogP contribution is 2.34. The Morgan fingerprint density at radius 1 is 1.15 bits per heavy atom. The SMILES string of the molecule is O=C1CCN(S(=O)(=O)c2ccc3c(c2)OCO3)CCN1. The molecule has 1 aromatic carbocycles. The molecule has 0 radical (unpaired) electrons. The van der Waals surface area contributed by atoms with Crippen molar-refractivity contribution in [1.82, 2.24) is 9.62 Å². The summed E-state index contributed by atoms with van der Waals surface area (Å²) in [5, 5.41) is 2.65. The van der Waals surface area contributed by atoms with Crippen LogP contribution in [0.1, 0.15) is 6.42 Å². The number of sulfonamides is 1. The van der Waals surface area contributed by atoms with E-state index in [-0.39, 0.29) is 37.1 Å². The van der Waals surface area contributed by atoms with Crippen molar-refractivity contribution in [2.75, 3.05) is 26.4 Å². The van der Waals surface area contributed by atoms with Crippen molar-refractivity contribution in [3.63, 3.8) is 0 Å². The van der Waals surface area contributed by atoms with Crippen LogP contribution in [0.2, 0.25) is 0 Å². The Labute approximate surface area is 116 Å². The lowest BCUT2D eigenvalue weighted by Crippen LogP contribution is -2.34. The zero-order chi connectivity index (χ0) is 14.2. The topological polar surface area (TPSA) is 84.9 Å². The highest BCUT2D eigenvalue weighted by molar-refractivity contribution is 7.89. The maximum atomic E-state index is 12.5. The van der Waals surface area contributed by atoms with Gasteiger partial charge in [0.05, 0.1) is 4.90 Å². The third kappa shape index (κ3) is 2.32. The lowest BCUT2D eigenvalue weighted by atomic mass is 10.3. The smallest absolute Gasteiger partial charge is 0.243 e. The zero-order valence-electron chi connectivity index (χ0n) is 10.7. The van der Waals surface area contributed by atoms with Crippen LogP contribution in [0.15, 0.2) is 23.1 Å². The zero-order valence-corrected chi connectivity index (χ0v) is 11.5. The molecule has 3 rings (SSSR count). The van der Waals surface area contributed by atoms with Gasteiger partial charge in [-0.15, -0.1) is 0 Å². The van der Waals surface area contributed by atoms with Gasteiger partial charge in [0.15, 0.2) is 11.5 Å². The minimum atomic E-state index is -3.62. The summed E-state index contributed by atoms with van der Waals surface area (Å²) in [6, 6.07) is 4.53. The van der Waals surface area contributed by atoms with Gasteiger partial charge in [-0.1, -0.05) is 0 Å². The fraction of sp³-hybridized carbons (Fsp3) is 0.417. The Balaban J connectivity index is 1.89. The molecule has 8 heteroatoms. The summed E-state index contributed by atoms with van der Waals surface area (Å²) >= 11 is 0. The minimum Gasteiger partial charge on any atom is -0.454 e. The molecule has 0 aliphatic carbocycles. The molecule has 2 aliphatic heterocycles. The Hall–Kier alpha value is -1.80. The summed E-state index contributed by atoms with van der Waals surface area (Å²) in [4.78, 5) is 11.4. The summed E-state index contributed by atoms with van der Waals surface area (Å²) in [6.45, 7) is 0.870. The standard InChI is InChI=1S/C12H14N2O5S/c15-12-3-5-14(6-4-13-12)20(16,17)9-1-2-10-11(7-9)19-8-18-10/h1-2,7H,3-6,8H2,(H,13,15). The van der Waals surface area contributed by atoms with Crippen LogP contribution in [0, 0.1) is 0 Å². The molecule has 1 aromatic rings. The first-order valence-corrected chi connectivity index (χ1v) is 7.68. The number of hydrogen-bond acceptors (Lipinski definition) is 5. The van der Waals surface area contributed by atoms with Crippen molar-refractivity contribution in [2.24, 2.45) is 0 Å². The minimum absolute atomic E-state index is 0.0982. The maximum absolute atomic E-state index is 12.5. The lowest BCUT2D eigenvalue weighted by molar-refractivity contribution is -0.120. The van der Waals surface area contributed by atoms with E-state index in [1.54, 1.807) is 6.07 Å². The third-order valence-corrected chi connectivity index (χ3v) is 5.15. The quantitative estimate of drug-likeness (QED) is 0.826. The van der Waals surface area contributed by atoms with E-state index in [4.69, 9.17) is 9.47 Å². The number of ether oxygens (including phenoxy) is 2. The fourth-order valence-corrected chi connectivity index (χ4v) is 3.63. The summed E-state index contributed by atoms with van der Waals surface area (Å²) in [5.74, 6) is 0.833. The molecule has 0 saturated carbocycles. The fourth-order valence-electron chi connectivity index (χ4n) is 2.17. The first-order chi connectivity index (χ1) is 9.57. The van der Waals surface area contributed by atoms with Crippen molar-refractivity contribution >= 4 is 15.9 Å².